The molecule has 20 heavy (non-hydrogen) atoms. The molecule has 0 amide bonds. The Bertz CT molecular complexity index is 517. The highest BCUT2D eigenvalue weighted by molar-refractivity contribution is 6.00. The SMILES string of the molecule is CC(C(=O)c1ccc(F)cc1F)N1CCOCC1(C)C. The molecule has 1 atom stereocenters. The zero-order valence-corrected chi connectivity index (χ0v) is 12.0. The first kappa shape index (κ1) is 15.1. The first-order chi connectivity index (χ1) is 9.33. The van der Waals surface area contributed by atoms with E-state index in [0.29, 0.717) is 19.8 Å². The van der Waals surface area contributed by atoms with Gasteiger partial charge < -0.3 is 4.74 Å². The minimum atomic E-state index is -0.812. The molecule has 1 unspecified atom stereocenters. The van der Waals surface area contributed by atoms with Gasteiger partial charge in [0, 0.05) is 18.2 Å². The lowest BCUT2D eigenvalue weighted by atomic mass is 9.96. The number of carbonyl (C=O) groups is 1. The van der Waals surface area contributed by atoms with Crippen molar-refractivity contribution in [2.45, 2.75) is 32.4 Å². The van der Waals surface area contributed by atoms with Crippen LogP contribution in [0.15, 0.2) is 18.2 Å². The number of hydrogen-bond acceptors (Lipinski definition) is 3. The molecule has 5 heteroatoms. The van der Waals surface area contributed by atoms with Gasteiger partial charge in [-0.3, -0.25) is 9.69 Å². The quantitative estimate of drug-likeness (QED) is 0.799. The number of benzene rings is 1. The molecule has 0 saturated carbocycles. The summed E-state index contributed by atoms with van der Waals surface area (Å²) in [5.41, 5.74) is -0.356. The van der Waals surface area contributed by atoms with Crippen molar-refractivity contribution in [3.05, 3.63) is 35.4 Å². The van der Waals surface area contributed by atoms with Gasteiger partial charge in [-0.1, -0.05) is 0 Å². The number of hydrogen-bond donors (Lipinski definition) is 0. The standard InChI is InChI=1S/C15H19F2NO2/c1-10(18-6-7-20-9-15(18,2)3)14(19)12-5-4-11(16)8-13(12)17/h4-5,8,10H,6-7,9H2,1-3H3. The van der Waals surface area contributed by atoms with Crippen molar-refractivity contribution in [3.63, 3.8) is 0 Å². The summed E-state index contributed by atoms with van der Waals surface area (Å²) in [7, 11) is 0. The Morgan fingerprint density at radius 1 is 1.40 bits per heavy atom. The fourth-order valence-corrected chi connectivity index (χ4v) is 2.64. The number of rotatable bonds is 3. The van der Waals surface area contributed by atoms with Gasteiger partial charge in [0.05, 0.1) is 24.8 Å². The molecule has 0 bridgehead atoms. The molecule has 0 N–H and O–H groups in total. The van der Waals surface area contributed by atoms with Gasteiger partial charge in [0.15, 0.2) is 5.78 Å². The smallest absolute Gasteiger partial charge is 0.182 e. The number of ketones is 1. The van der Waals surface area contributed by atoms with Gasteiger partial charge in [-0.05, 0) is 32.9 Å². The molecule has 1 saturated heterocycles. The van der Waals surface area contributed by atoms with Crippen molar-refractivity contribution < 1.29 is 18.3 Å². The van der Waals surface area contributed by atoms with Gasteiger partial charge in [0.25, 0.3) is 0 Å². The molecule has 1 fully saturated rings. The average molecular weight is 283 g/mol. The van der Waals surface area contributed by atoms with E-state index in [4.69, 9.17) is 4.74 Å². The third-order valence-electron chi connectivity index (χ3n) is 3.75. The van der Waals surface area contributed by atoms with Crippen LogP contribution in [0, 0.1) is 11.6 Å². The fourth-order valence-electron chi connectivity index (χ4n) is 2.64. The van der Waals surface area contributed by atoms with E-state index in [-0.39, 0.29) is 16.9 Å². The Hall–Kier alpha value is -1.33. The van der Waals surface area contributed by atoms with E-state index >= 15 is 0 Å². The van der Waals surface area contributed by atoms with Gasteiger partial charge >= 0.3 is 0 Å². The van der Waals surface area contributed by atoms with E-state index in [0.717, 1.165) is 12.1 Å². The lowest BCUT2D eigenvalue weighted by Gasteiger charge is -2.45. The molecule has 0 radical (unpaired) electrons. The van der Waals surface area contributed by atoms with Crippen molar-refractivity contribution in [1.82, 2.24) is 4.90 Å². The van der Waals surface area contributed by atoms with Crippen LogP contribution in [0.2, 0.25) is 0 Å². The molecule has 1 aliphatic heterocycles. The van der Waals surface area contributed by atoms with Gasteiger partial charge in [-0.2, -0.15) is 0 Å². The van der Waals surface area contributed by atoms with Gasteiger partial charge in [-0.15, -0.1) is 0 Å². The summed E-state index contributed by atoms with van der Waals surface area (Å²) in [6.45, 7) is 7.40. The maximum absolute atomic E-state index is 13.7. The van der Waals surface area contributed by atoms with E-state index in [1.54, 1.807) is 6.92 Å². The van der Waals surface area contributed by atoms with Crippen LogP contribution in [-0.2, 0) is 4.74 Å². The monoisotopic (exact) mass is 283 g/mol. The van der Waals surface area contributed by atoms with Crippen LogP contribution in [0.3, 0.4) is 0 Å². The van der Waals surface area contributed by atoms with Crippen LogP contribution in [0.1, 0.15) is 31.1 Å². The largest absolute Gasteiger partial charge is 0.378 e. The third kappa shape index (κ3) is 2.88. The van der Waals surface area contributed by atoms with Crippen LogP contribution < -0.4 is 0 Å². The highest BCUT2D eigenvalue weighted by Gasteiger charge is 2.37. The predicted molar refractivity (Wildman–Crippen MR) is 71.8 cm³/mol. The molecule has 0 spiro atoms. The molecule has 1 aliphatic rings. The third-order valence-corrected chi connectivity index (χ3v) is 3.75. The average Bonchev–Trinajstić information content (AvgIpc) is 2.37. The van der Waals surface area contributed by atoms with Crippen LogP contribution in [0.5, 0.6) is 0 Å². The van der Waals surface area contributed by atoms with E-state index in [9.17, 15) is 13.6 Å². The van der Waals surface area contributed by atoms with Crippen molar-refractivity contribution in [2.75, 3.05) is 19.8 Å². The second-order valence-corrected chi connectivity index (χ2v) is 5.72. The van der Waals surface area contributed by atoms with E-state index < -0.39 is 17.7 Å². The summed E-state index contributed by atoms with van der Waals surface area (Å²) >= 11 is 0. The summed E-state index contributed by atoms with van der Waals surface area (Å²) in [5.74, 6) is -1.83. The molecular formula is C15H19F2NO2. The maximum Gasteiger partial charge on any atom is 0.182 e. The summed E-state index contributed by atoms with van der Waals surface area (Å²) in [6, 6.07) is 2.57. The summed E-state index contributed by atoms with van der Waals surface area (Å²) in [6.07, 6.45) is 0. The highest BCUT2D eigenvalue weighted by atomic mass is 19.1. The van der Waals surface area contributed by atoms with Gasteiger partial charge in [-0.25, -0.2) is 8.78 Å². The molecule has 110 valence electrons. The van der Waals surface area contributed by atoms with Crippen LogP contribution >= 0.6 is 0 Å². The number of carbonyl (C=O) groups excluding carboxylic acids is 1. The second-order valence-electron chi connectivity index (χ2n) is 5.72. The Morgan fingerprint density at radius 2 is 2.10 bits per heavy atom. The molecule has 0 aromatic heterocycles. The second kappa shape index (κ2) is 5.58. The van der Waals surface area contributed by atoms with E-state index in [1.165, 1.54) is 6.07 Å². The van der Waals surface area contributed by atoms with E-state index in [2.05, 4.69) is 0 Å². The number of nitrogens with zero attached hydrogens (tertiary/aromatic N) is 1. The zero-order chi connectivity index (χ0) is 14.9. The normalized spacial score (nSPS) is 20.6. The Kier molecular flexibility index (Phi) is 4.20. The molecule has 1 heterocycles. The molecule has 1 aromatic rings. The lowest BCUT2D eigenvalue weighted by Crippen LogP contribution is -2.58. The van der Waals surface area contributed by atoms with Crippen molar-refractivity contribution in [2.24, 2.45) is 0 Å². The highest BCUT2D eigenvalue weighted by Crippen LogP contribution is 2.24. The molecule has 2 rings (SSSR count). The Balaban J connectivity index is 2.23. The number of halogens is 2. The number of morpholine rings is 1. The first-order valence-corrected chi connectivity index (χ1v) is 6.67. The topological polar surface area (TPSA) is 29.5 Å². The predicted octanol–water partition coefficient (Wildman–Crippen LogP) is 2.65. The minimum absolute atomic E-state index is 0.0683. The first-order valence-electron chi connectivity index (χ1n) is 6.67. The van der Waals surface area contributed by atoms with Crippen LogP contribution in [-0.4, -0.2) is 42.0 Å². The Morgan fingerprint density at radius 3 is 2.70 bits per heavy atom. The summed E-state index contributed by atoms with van der Waals surface area (Å²) in [5, 5.41) is 0. The maximum atomic E-state index is 13.7. The van der Waals surface area contributed by atoms with Crippen LogP contribution in [0.4, 0.5) is 8.78 Å². The summed E-state index contributed by atoms with van der Waals surface area (Å²) < 4.78 is 32.0. The van der Waals surface area contributed by atoms with Crippen molar-refractivity contribution >= 4 is 5.78 Å². The number of Topliss-reactive ketones (excluding diaryl/α,β-unsaturated/α-hetero) is 1. The lowest BCUT2D eigenvalue weighted by molar-refractivity contribution is -0.0626. The van der Waals surface area contributed by atoms with Gasteiger partial charge in [0.1, 0.15) is 11.6 Å². The summed E-state index contributed by atoms with van der Waals surface area (Å²) in [4.78, 5) is 14.4. The zero-order valence-electron chi connectivity index (χ0n) is 12.0. The van der Waals surface area contributed by atoms with E-state index in [1.807, 2.05) is 18.7 Å². The van der Waals surface area contributed by atoms with Crippen molar-refractivity contribution in [1.29, 1.82) is 0 Å². The molecule has 3 nitrogen and oxygen atoms in total. The van der Waals surface area contributed by atoms with Crippen LogP contribution in [0.25, 0.3) is 0 Å². The van der Waals surface area contributed by atoms with Crippen molar-refractivity contribution in [3.8, 4) is 0 Å². The Labute approximate surface area is 117 Å². The minimum Gasteiger partial charge on any atom is -0.378 e. The molecular weight excluding hydrogens is 264 g/mol. The molecule has 1 aromatic carbocycles. The fraction of sp³-hybridized carbons (Fsp3) is 0.533. The molecule has 0 aliphatic carbocycles. The van der Waals surface area contributed by atoms with Gasteiger partial charge in [0.2, 0.25) is 0 Å². The number of ether oxygens (including phenoxy) is 1.